The maximum Gasteiger partial charge on any atom is 0.0682 e. The second-order valence-corrected chi connectivity index (χ2v) is 4.18. The molecular weight excluding hydrogens is 168 g/mol. The summed E-state index contributed by atoms with van der Waals surface area (Å²) in [5.74, 6) is 0. The van der Waals surface area contributed by atoms with Crippen LogP contribution in [0.2, 0.25) is 0 Å². The normalized spacial score (nSPS) is 10.8. The molecule has 2 heteroatoms. The van der Waals surface area contributed by atoms with Gasteiger partial charge in [-0.2, -0.15) is 0 Å². The van der Waals surface area contributed by atoms with Crippen molar-refractivity contribution in [1.82, 2.24) is 0 Å². The minimum absolute atomic E-state index is 0.132. The highest BCUT2D eigenvalue weighted by atomic mass is 32.1. The predicted octanol–water partition coefficient (Wildman–Crippen LogP) is 2.70. The van der Waals surface area contributed by atoms with Crippen molar-refractivity contribution in [2.24, 2.45) is 0 Å². The van der Waals surface area contributed by atoms with E-state index >= 15 is 0 Å². The number of aryl methyl sites for hydroxylation is 1. The van der Waals surface area contributed by atoms with Crippen molar-refractivity contribution in [3.63, 3.8) is 0 Å². The van der Waals surface area contributed by atoms with E-state index in [2.05, 4.69) is 19.1 Å². The number of aliphatic hydroxyl groups excluding tert-OH is 1. The number of thiophene rings is 1. The van der Waals surface area contributed by atoms with E-state index in [1.165, 1.54) is 15.0 Å². The van der Waals surface area contributed by atoms with Crippen molar-refractivity contribution in [2.75, 3.05) is 0 Å². The minimum atomic E-state index is 0.132. The first-order valence-electron chi connectivity index (χ1n) is 3.89. The van der Waals surface area contributed by atoms with Crippen LogP contribution in [0.25, 0.3) is 10.1 Å². The summed E-state index contributed by atoms with van der Waals surface area (Å²) in [4.78, 5) is 1.32. The van der Waals surface area contributed by atoms with E-state index in [1.807, 2.05) is 12.1 Å². The lowest BCUT2D eigenvalue weighted by atomic mass is 10.2. The van der Waals surface area contributed by atoms with Gasteiger partial charge in [0.05, 0.1) is 6.61 Å². The van der Waals surface area contributed by atoms with Gasteiger partial charge in [0.25, 0.3) is 0 Å². The topological polar surface area (TPSA) is 20.2 Å². The maximum atomic E-state index is 8.91. The molecule has 12 heavy (non-hydrogen) atoms. The molecule has 0 saturated carbocycles. The van der Waals surface area contributed by atoms with Gasteiger partial charge in [-0.1, -0.05) is 12.1 Å². The Morgan fingerprint density at radius 2 is 2.17 bits per heavy atom. The summed E-state index contributed by atoms with van der Waals surface area (Å²) in [6.45, 7) is 2.23. The fourth-order valence-corrected chi connectivity index (χ4v) is 2.29. The second-order valence-electron chi connectivity index (χ2n) is 2.89. The van der Waals surface area contributed by atoms with Crippen LogP contribution in [-0.2, 0) is 6.61 Å². The number of hydrogen-bond acceptors (Lipinski definition) is 2. The van der Waals surface area contributed by atoms with Crippen molar-refractivity contribution in [2.45, 2.75) is 13.5 Å². The third-order valence-electron chi connectivity index (χ3n) is 1.89. The Hall–Kier alpha value is -0.860. The van der Waals surface area contributed by atoms with E-state index in [0.29, 0.717) is 0 Å². The first-order chi connectivity index (χ1) is 5.79. The first-order valence-corrected chi connectivity index (χ1v) is 4.71. The Morgan fingerprint density at radius 3 is 2.92 bits per heavy atom. The van der Waals surface area contributed by atoms with Crippen molar-refractivity contribution in [3.05, 3.63) is 34.7 Å². The van der Waals surface area contributed by atoms with Gasteiger partial charge in [-0.3, -0.25) is 0 Å². The molecule has 1 nitrogen and oxygen atoms in total. The molecule has 1 aromatic heterocycles. The summed E-state index contributed by atoms with van der Waals surface area (Å²) in [6, 6.07) is 8.24. The van der Waals surface area contributed by atoms with Gasteiger partial charge in [-0.25, -0.2) is 0 Å². The predicted molar refractivity (Wildman–Crippen MR) is 52.5 cm³/mol. The number of aliphatic hydroxyl groups is 1. The summed E-state index contributed by atoms with van der Waals surface area (Å²) in [6.07, 6.45) is 0. The summed E-state index contributed by atoms with van der Waals surface area (Å²) in [5.41, 5.74) is 0.990. The second kappa shape index (κ2) is 2.88. The molecular formula is C10H10OS. The average Bonchev–Trinajstić information content (AvgIpc) is 2.43. The minimum Gasteiger partial charge on any atom is -0.392 e. The molecule has 0 aliphatic rings. The summed E-state index contributed by atoms with van der Waals surface area (Å²) in [7, 11) is 0. The van der Waals surface area contributed by atoms with Crippen molar-refractivity contribution < 1.29 is 5.11 Å². The van der Waals surface area contributed by atoms with Crippen molar-refractivity contribution in [3.8, 4) is 0 Å². The van der Waals surface area contributed by atoms with Gasteiger partial charge in [0.2, 0.25) is 0 Å². The Balaban J connectivity index is 2.66. The van der Waals surface area contributed by atoms with Crippen LogP contribution in [0.3, 0.4) is 0 Å². The van der Waals surface area contributed by atoms with Crippen LogP contribution in [-0.4, -0.2) is 5.11 Å². The number of fused-ring (bicyclic) bond motifs is 1. The maximum absolute atomic E-state index is 8.91. The van der Waals surface area contributed by atoms with Gasteiger partial charge in [-0.05, 0) is 30.0 Å². The van der Waals surface area contributed by atoms with Gasteiger partial charge in [0, 0.05) is 9.58 Å². The van der Waals surface area contributed by atoms with Crippen LogP contribution in [0.5, 0.6) is 0 Å². The third kappa shape index (κ3) is 1.24. The number of hydrogen-bond donors (Lipinski definition) is 1. The highest BCUT2D eigenvalue weighted by Gasteiger charge is 1.98. The highest BCUT2D eigenvalue weighted by molar-refractivity contribution is 7.19. The molecule has 0 unspecified atom stereocenters. The Morgan fingerprint density at radius 1 is 1.33 bits per heavy atom. The van der Waals surface area contributed by atoms with E-state index in [1.54, 1.807) is 11.3 Å². The lowest BCUT2D eigenvalue weighted by molar-refractivity contribution is 0.282. The fourth-order valence-electron chi connectivity index (χ4n) is 1.31. The van der Waals surface area contributed by atoms with Crippen LogP contribution in [0.1, 0.15) is 10.4 Å². The SMILES string of the molecule is Cc1cc2ccc(CO)cc2s1. The molecule has 1 N–H and O–H groups in total. The van der Waals surface area contributed by atoms with E-state index < -0.39 is 0 Å². The molecule has 2 rings (SSSR count). The van der Waals surface area contributed by atoms with Crippen molar-refractivity contribution >= 4 is 21.4 Å². The first kappa shape index (κ1) is 7.77. The molecule has 2 aromatic rings. The van der Waals surface area contributed by atoms with Crippen LogP contribution in [0.4, 0.5) is 0 Å². The summed E-state index contributed by atoms with van der Waals surface area (Å²) >= 11 is 1.77. The molecule has 0 aliphatic heterocycles. The third-order valence-corrected chi connectivity index (χ3v) is 2.90. The lowest BCUT2D eigenvalue weighted by Crippen LogP contribution is -1.79. The monoisotopic (exact) mass is 178 g/mol. The molecule has 0 aliphatic carbocycles. The van der Waals surface area contributed by atoms with Crippen LogP contribution >= 0.6 is 11.3 Å². The van der Waals surface area contributed by atoms with Gasteiger partial charge in [0.1, 0.15) is 0 Å². The zero-order valence-corrected chi connectivity index (χ0v) is 7.69. The molecule has 0 spiro atoms. The van der Waals surface area contributed by atoms with E-state index in [-0.39, 0.29) is 6.61 Å². The molecule has 0 fully saturated rings. The highest BCUT2D eigenvalue weighted by Crippen LogP contribution is 2.25. The molecule has 0 radical (unpaired) electrons. The largest absolute Gasteiger partial charge is 0.392 e. The summed E-state index contributed by atoms with van der Waals surface area (Å²) in [5, 5.41) is 10.2. The van der Waals surface area contributed by atoms with E-state index in [4.69, 9.17) is 5.11 Å². The van der Waals surface area contributed by atoms with Crippen LogP contribution < -0.4 is 0 Å². The quantitative estimate of drug-likeness (QED) is 0.711. The molecule has 0 bridgehead atoms. The number of benzene rings is 1. The standard InChI is InChI=1S/C10H10OS/c1-7-4-9-3-2-8(6-11)5-10(9)12-7/h2-5,11H,6H2,1H3. The van der Waals surface area contributed by atoms with Crippen LogP contribution in [0.15, 0.2) is 24.3 Å². The smallest absolute Gasteiger partial charge is 0.0682 e. The zero-order valence-electron chi connectivity index (χ0n) is 6.87. The lowest BCUT2D eigenvalue weighted by Gasteiger charge is -1.93. The van der Waals surface area contributed by atoms with Crippen LogP contribution in [0, 0.1) is 6.92 Å². The Labute approximate surface area is 75.3 Å². The molecule has 1 aromatic carbocycles. The van der Waals surface area contributed by atoms with Gasteiger partial charge in [-0.15, -0.1) is 11.3 Å². The van der Waals surface area contributed by atoms with Crippen molar-refractivity contribution in [1.29, 1.82) is 0 Å². The average molecular weight is 178 g/mol. The molecule has 0 atom stereocenters. The Kier molecular flexibility index (Phi) is 1.87. The number of rotatable bonds is 1. The Bertz CT molecular complexity index is 403. The van der Waals surface area contributed by atoms with E-state index in [9.17, 15) is 0 Å². The van der Waals surface area contributed by atoms with Gasteiger partial charge >= 0.3 is 0 Å². The summed E-state index contributed by atoms with van der Waals surface area (Å²) < 4.78 is 1.26. The van der Waals surface area contributed by atoms with Gasteiger partial charge in [0.15, 0.2) is 0 Å². The van der Waals surface area contributed by atoms with Gasteiger partial charge < -0.3 is 5.11 Å². The molecule has 0 saturated heterocycles. The fraction of sp³-hybridized carbons (Fsp3) is 0.200. The van der Waals surface area contributed by atoms with E-state index in [0.717, 1.165) is 5.56 Å². The molecule has 62 valence electrons. The zero-order chi connectivity index (χ0) is 8.55. The molecule has 0 amide bonds. The molecule has 1 heterocycles.